The van der Waals surface area contributed by atoms with E-state index in [1.165, 1.54) is 14.0 Å². The number of allylic oxidation sites excluding steroid dienone is 2. The van der Waals surface area contributed by atoms with Gasteiger partial charge in [-0.05, 0) is 6.92 Å². The second kappa shape index (κ2) is 4.81. The van der Waals surface area contributed by atoms with E-state index in [-0.39, 0.29) is 11.4 Å². The Kier molecular flexibility index (Phi) is 4.42. The number of alkyl halides is 1. The summed E-state index contributed by atoms with van der Waals surface area (Å²) in [6.07, 6.45) is -0.456. The maximum atomic E-state index is 12.5. The summed E-state index contributed by atoms with van der Waals surface area (Å²) in [6.45, 7) is 1.17. The Hall–Kier alpha value is -0.980. The van der Waals surface area contributed by atoms with Crippen LogP contribution in [-0.2, 0) is 0 Å². The van der Waals surface area contributed by atoms with Gasteiger partial charge in [0.05, 0.1) is 6.21 Å². The lowest BCUT2D eigenvalue weighted by atomic mass is 10.2. The van der Waals surface area contributed by atoms with Crippen LogP contribution >= 0.6 is 0 Å². The van der Waals surface area contributed by atoms with Crippen molar-refractivity contribution in [3.05, 3.63) is 16.6 Å². The highest BCUT2D eigenvalue weighted by molar-refractivity contribution is 5.76. The van der Waals surface area contributed by atoms with Gasteiger partial charge in [-0.3, -0.25) is 4.99 Å². The third kappa shape index (κ3) is 2.95. The third-order valence-electron chi connectivity index (χ3n) is 1.23. The highest BCUT2D eigenvalue weighted by atomic mass is 19.1. The van der Waals surface area contributed by atoms with Crippen molar-refractivity contribution >= 4 is 6.21 Å². The summed E-state index contributed by atoms with van der Waals surface area (Å²) in [6, 6.07) is 0. The molecular formula is C6H12FN3O2. The maximum absolute atomic E-state index is 12.5. The van der Waals surface area contributed by atoms with Gasteiger partial charge < -0.3 is 10.9 Å². The molecule has 0 aliphatic carbocycles. The fourth-order valence-corrected chi connectivity index (χ4v) is 0.597. The first-order valence-electron chi connectivity index (χ1n) is 3.29. The molecule has 0 aliphatic rings. The lowest BCUT2D eigenvalue weighted by molar-refractivity contribution is -1.01. The van der Waals surface area contributed by atoms with Crippen molar-refractivity contribution in [3.8, 4) is 0 Å². The number of hydroxylamine groups is 2. The Bertz CT molecular complexity index is 201. The number of nitrogens with one attached hydrogen (secondary N) is 1. The quantitative estimate of drug-likeness (QED) is 0.381. The van der Waals surface area contributed by atoms with Gasteiger partial charge in [0.1, 0.15) is 11.9 Å². The molecule has 0 radical (unpaired) electrons. The lowest BCUT2D eigenvalue weighted by Crippen LogP contribution is -3.03. The molecule has 2 unspecified atom stereocenters. The number of nitrogens with zero attached hydrogens (tertiary/aromatic N) is 1. The van der Waals surface area contributed by atoms with E-state index in [4.69, 9.17) is 10.9 Å². The third-order valence-corrected chi connectivity index (χ3v) is 1.23. The molecule has 0 saturated heterocycles. The highest BCUT2D eigenvalue weighted by Gasteiger charge is 2.13. The fraction of sp³-hybridized carbons (Fsp3) is 0.500. The summed E-state index contributed by atoms with van der Waals surface area (Å²) in [5.41, 5.74) is 4.57. The van der Waals surface area contributed by atoms with Crippen LogP contribution in [0.2, 0.25) is 0 Å². The van der Waals surface area contributed by atoms with E-state index in [0.717, 1.165) is 6.21 Å². The molecule has 12 heavy (non-hydrogen) atoms. The van der Waals surface area contributed by atoms with Crippen molar-refractivity contribution in [2.75, 3.05) is 7.05 Å². The summed E-state index contributed by atoms with van der Waals surface area (Å²) in [5.74, 6) is 0. The number of hydrogen-bond donors (Lipinski definition) is 3. The second-order valence-electron chi connectivity index (χ2n) is 2.18. The molecule has 0 saturated carbocycles. The van der Waals surface area contributed by atoms with Gasteiger partial charge in [0, 0.05) is 7.05 Å². The Labute approximate surface area is 69.5 Å². The summed E-state index contributed by atoms with van der Waals surface area (Å²) >= 11 is 0. The number of hydrogen-bond acceptors (Lipinski definition) is 4. The minimum absolute atomic E-state index is 0.299. The van der Waals surface area contributed by atoms with Gasteiger partial charge in [-0.2, -0.15) is 5.23 Å². The zero-order chi connectivity index (χ0) is 9.72. The normalized spacial score (nSPS) is 19.1. The largest absolute Gasteiger partial charge is 0.595 e. The summed E-state index contributed by atoms with van der Waals surface area (Å²) in [7, 11) is 1.39. The van der Waals surface area contributed by atoms with Crippen LogP contribution in [-0.4, -0.2) is 24.6 Å². The number of quaternary nitrogens is 1. The van der Waals surface area contributed by atoms with Crippen LogP contribution in [0.5, 0.6) is 0 Å². The van der Waals surface area contributed by atoms with Gasteiger partial charge in [-0.25, -0.2) is 9.60 Å². The SMILES string of the molecule is CN=CC(=C(N)C(C)F)[NH+]([O-])O. The van der Waals surface area contributed by atoms with Crippen molar-refractivity contribution in [3.63, 3.8) is 0 Å². The number of nitrogens with two attached hydrogens (primary N) is 1. The molecule has 0 amide bonds. The minimum atomic E-state index is -1.48. The molecule has 0 spiro atoms. The van der Waals surface area contributed by atoms with Crippen LogP contribution < -0.4 is 11.0 Å². The van der Waals surface area contributed by atoms with Gasteiger partial charge in [0.15, 0.2) is 0 Å². The molecule has 0 bridgehead atoms. The Balaban J connectivity index is 4.80. The lowest BCUT2D eigenvalue weighted by Gasteiger charge is -2.14. The van der Waals surface area contributed by atoms with Crippen LogP contribution in [0.1, 0.15) is 6.92 Å². The molecule has 0 aliphatic heterocycles. The highest BCUT2D eigenvalue weighted by Crippen LogP contribution is 1.99. The van der Waals surface area contributed by atoms with Crippen LogP contribution in [0.4, 0.5) is 4.39 Å². The molecule has 0 aromatic rings. The topological polar surface area (TPSA) is 86.1 Å². The minimum Gasteiger partial charge on any atom is -0.595 e. The van der Waals surface area contributed by atoms with E-state index in [2.05, 4.69) is 4.99 Å². The predicted octanol–water partition coefficient (Wildman–Crippen LogP) is -1.01. The van der Waals surface area contributed by atoms with Crippen LogP contribution in [0.25, 0.3) is 0 Å². The Morgan fingerprint density at radius 1 is 1.83 bits per heavy atom. The monoisotopic (exact) mass is 177 g/mol. The van der Waals surface area contributed by atoms with Crippen LogP contribution in [0.15, 0.2) is 16.4 Å². The smallest absolute Gasteiger partial charge is 0.203 e. The van der Waals surface area contributed by atoms with Crippen LogP contribution in [0.3, 0.4) is 0 Å². The summed E-state index contributed by atoms with van der Waals surface area (Å²) in [4.78, 5) is 3.45. The van der Waals surface area contributed by atoms with Crippen molar-refractivity contribution in [1.29, 1.82) is 0 Å². The molecule has 2 atom stereocenters. The molecule has 0 aromatic heterocycles. The fourth-order valence-electron chi connectivity index (χ4n) is 0.597. The standard InChI is InChI=1S/C6H12FN3O2/c1-4(7)6(8)5(3-9-2)10(11)12/h3-4,10-11H,8H2,1-2H3. The first kappa shape index (κ1) is 11.0. The van der Waals surface area contributed by atoms with E-state index in [1.807, 2.05) is 0 Å². The van der Waals surface area contributed by atoms with Crippen LogP contribution in [0, 0.1) is 5.21 Å². The first-order valence-corrected chi connectivity index (χ1v) is 3.29. The number of rotatable bonds is 3. The molecular weight excluding hydrogens is 165 g/mol. The Morgan fingerprint density at radius 2 is 2.33 bits per heavy atom. The van der Waals surface area contributed by atoms with E-state index in [1.54, 1.807) is 0 Å². The molecule has 4 N–H and O–H groups in total. The molecule has 0 fully saturated rings. The maximum Gasteiger partial charge on any atom is 0.203 e. The van der Waals surface area contributed by atoms with Crippen molar-refractivity contribution in [1.82, 2.24) is 0 Å². The average molecular weight is 177 g/mol. The molecule has 0 aromatic carbocycles. The summed E-state index contributed by atoms with van der Waals surface area (Å²) < 4.78 is 12.5. The predicted molar refractivity (Wildman–Crippen MR) is 42.3 cm³/mol. The van der Waals surface area contributed by atoms with E-state index in [0.29, 0.717) is 0 Å². The molecule has 6 heteroatoms. The number of aliphatic imine (C=N–C) groups is 1. The Morgan fingerprint density at radius 3 is 2.58 bits per heavy atom. The van der Waals surface area contributed by atoms with E-state index >= 15 is 0 Å². The second-order valence-corrected chi connectivity index (χ2v) is 2.18. The van der Waals surface area contributed by atoms with Gasteiger partial charge in [-0.15, -0.1) is 0 Å². The zero-order valence-corrected chi connectivity index (χ0v) is 6.91. The van der Waals surface area contributed by atoms with Gasteiger partial charge in [0.25, 0.3) is 0 Å². The van der Waals surface area contributed by atoms with E-state index in [9.17, 15) is 9.60 Å². The van der Waals surface area contributed by atoms with Crippen molar-refractivity contribution < 1.29 is 14.8 Å². The zero-order valence-electron chi connectivity index (χ0n) is 6.91. The first-order chi connectivity index (χ1) is 5.50. The van der Waals surface area contributed by atoms with Gasteiger partial charge >= 0.3 is 0 Å². The molecule has 5 nitrogen and oxygen atoms in total. The van der Waals surface area contributed by atoms with Crippen molar-refractivity contribution in [2.24, 2.45) is 10.7 Å². The van der Waals surface area contributed by atoms with Gasteiger partial charge in [-0.1, -0.05) is 0 Å². The van der Waals surface area contributed by atoms with Crippen molar-refractivity contribution in [2.45, 2.75) is 13.1 Å². The van der Waals surface area contributed by atoms with Gasteiger partial charge in [0.2, 0.25) is 5.70 Å². The number of halogens is 1. The molecule has 0 rings (SSSR count). The molecule has 0 heterocycles. The van der Waals surface area contributed by atoms with E-state index < -0.39 is 11.4 Å². The molecule has 70 valence electrons. The summed E-state index contributed by atoms with van der Waals surface area (Å²) in [5, 5.41) is 17.7. The average Bonchev–Trinajstić information content (AvgIpc) is 1.98.